The summed E-state index contributed by atoms with van der Waals surface area (Å²) < 4.78 is 0. The predicted octanol–water partition coefficient (Wildman–Crippen LogP) is -0.183. The molecule has 2 rings (SSSR count). The third-order valence-corrected chi connectivity index (χ3v) is 2.18. The van der Waals surface area contributed by atoms with Gasteiger partial charge in [0.15, 0.2) is 0 Å². The molecule has 0 unspecified atom stereocenters. The van der Waals surface area contributed by atoms with Crippen LogP contribution in [0.4, 0.5) is 0 Å². The van der Waals surface area contributed by atoms with Gasteiger partial charge in [-0.3, -0.25) is 0 Å². The maximum absolute atomic E-state index is 9.49. The van der Waals surface area contributed by atoms with E-state index >= 15 is 0 Å². The van der Waals surface area contributed by atoms with Crippen molar-refractivity contribution in [3.05, 3.63) is 23.8 Å². The normalized spacial score (nSPS) is 28.2. The smallest absolute Gasteiger partial charge is 0.122 e. The zero-order chi connectivity index (χ0) is 8.55. The molecular weight excluding hydrogens is 156 g/mol. The summed E-state index contributed by atoms with van der Waals surface area (Å²) in [6, 6.07) is 0. The molecule has 0 bridgehead atoms. The van der Waals surface area contributed by atoms with Crippen molar-refractivity contribution in [3.8, 4) is 0 Å². The van der Waals surface area contributed by atoms with Gasteiger partial charge in [0.1, 0.15) is 12.4 Å². The van der Waals surface area contributed by atoms with E-state index in [0.717, 1.165) is 12.0 Å². The van der Waals surface area contributed by atoms with E-state index in [1.807, 2.05) is 0 Å². The standard InChI is InChI=1S/C8H10N2O2/c11-6-2-1-5-3-9-4-10-7(5)8(6)12/h3-4,6,8,11-12H,1-2H2/t6-,8-/m0/s1. The number of fused-ring (bicyclic) bond motifs is 1. The van der Waals surface area contributed by atoms with Crippen molar-refractivity contribution >= 4 is 0 Å². The average molecular weight is 166 g/mol. The molecular formula is C8H10N2O2. The fourth-order valence-electron chi connectivity index (χ4n) is 1.47. The van der Waals surface area contributed by atoms with Gasteiger partial charge in [-0.05, 0) is 18.4 Å². The van der Waals surface area contributed by atoms with Gasteiger partial charge in [-0.1, -0.05) is 0 Å². The molecule has 12 heavy (non-hydrogen) atoms. The summed E-state index contributed by atoms with van der Waals surface area (Å²) in [4.78, 5) is 7.78. The number of aryl methyl sites for hydroxylation is 1. The lowest BCUT2D eigenvalue weighted by Crippen LogP contribution is -2.26. The third-order valence-electron chi connectivity index (χ3n) is 2.18. The first kappa shape index (κ1) is 7.64. The van der Waals surface area contributed by atoms with E-state index in [0.29, 0.717) is 12.1 Å². The first-order valence-electron chi connectivity index (χ1n) is 3.94. The first-order valence-corrected chi connectivity index (χ1v) is 3.94. The van der Waals surface area contributed by atoms with Gasteiger partial charge in [-0.25, -0.2) is 9.97 Å². The fraction of sp³-hybridized carbons (Fsp3) is 0.500. The van der Waals surface area contributed by atoms with Crippen molar-refractivity contribution in [1.29, 1.82) is 0 Å². The zero-order valence-electron chi connectivity index (χ0n) is 6.51. The minimum atomic E-state index is -0.836. The molecule has 0 saturated heterocycles. The Balaban J connectivity index is 2.42. The lowest BCUT2D eigenvalue weighted by atomic mass is 9.93. The second-order valence-electron chi connectivity index (χ2n) is 2.98. The van der Waals surface area contributed by atoms with Gasteiger partial charge < -0.3 is 10.2 Å². The minimum Gasteiger partial charge on any atom is -0.390 e. The van der Waals surface area contributed by atoms with Crippen LogP contribution in [-0.4, -0.2) is 26.3 Å². The molecule has 1 aromatic heterocycles. The van der Waals surface area contributed by atoms with Crippen LogP contribution < -0.4 is 0 Å². The molecule has 1 aliphatic carbocycles. The summed E-state index contributed by atoms with van der Waals surface area (Å²) in [5.41, 5.74) is 1.51. The molecule has 0 fully saturated rings. The molecule has 0 spiro atoms. The van der Waals surface area contributed by atoms with Crippen molar-refractivity contribution in [2.75, 3.05) is 0 Å². The van der Waals surface area contributed by atoms with Crippen LogP contribution in [0, 0.1) is 0 Å². The SMILES string of the molecule is O[C@@H]1c2ncncc2CC[C@@H]1O. The second kappa shape index (κ2) is 2.80. The second-order valence-corrected chi connectivity index (χ2v) is 2.98. The Hall–Kier alpha value is -1.00. The van der Waals surface area contributed by atoms with Crippen molar-refractivity contribution in [3.63, 3.8) is 0 Å². The van der Waals surface area contributed by atoms with E-state index in [9.17, 15) is 10.2 Å². The molecule has 1 aliphatic rings. The van der Waals surface area contributed by atoms with E-state index in [1.165, 1.54) is 6.33 Å². The Morgan fingerprint density at radius 3 is 3.08 bits per heavy atom. The van der Waals surface area contributed by atoms with E-state index in [-0.39, 0.29) is 0 Å². The van der Waals surface area contributed by atoms with Crippen molar-refractivity contribution < 1.29 is 10.2 Å². The van der Waals surface area contributed by atoms with E-state index in [2.05, 4.69) is 9.97 Å². The Morgan fingerprint density at radius 1 is 1.42 bits per heavy atom. The molecule has 0 amide bonds. The molecule has 4 nitrogen and oxygen atoms in total. The highest BCUT2D eigenvalue weighted by atomic mass is 16.3. The number of hydrogen-bond acceptors (Lipinski definition) is 4. The van der Waals surface area contributed by atoms with Gasteiger partial charge >= 0.3 is 0 Å². The van der Waals surface area contributed by atoms with Gasteiger partial charge in [0.05, 0.1) is 11.8 Å². The molecule has 0 aromatic carbocycles. The van der Waals surface area contributed by atoms with Gasteiger partial charge in [-0.2, -0.15) is 0 Å². The van der Waals surface area contributed by atoms with Crippen LogP contribution in [0.3, 0.4) is 0 Å². The summed E-state index contributed by atoms with van der Waals surface area (Å²) in [5.74, 6) is 0. The molecule has 1 aromatic rings. The number of nitrogens with zero attached hydrogens (tertiary/aromatic N) is 2. The molecule has 4 heteroatoms. The van der Waals surface area contributed by atoms with Crippen LogP contribution in [-0.2, 0) is 6.42 Å². The van der Waals surface area contributed by atoms with Crippen molar-refractivity contribution in [2.45, 2.75) is 25.0 Å². The minimum absolute atomic E-state index is 0.573. The van der Waals surface area contributed by atoms with Crippen molar-refractivity contribution in [2.24, 2.45) is 0 Å². The van der Waals surface area contributed by atoms with Crippen LogP contribution in [0.25, 0.3) is 0 Å². The zero-order valence-corrected chi connectivity index (χ0v) is 6.51. The first-order chi connectivity index (χ1) is 5.79. The van der Waals surface area contributed by atoms with Gasteiger partial charge in [0.25, 0.3) is 0 Å². The summed E-state index contributed by atoms with van der Waals surface area (Å²) in [5, 5.41) is 18.8. The quantitative estimate of drug-likeness (QED) is 0.561. The van der Waals surface area contributed by atoms with E-state index in [4.69, 9.17) is 0 Å². The van der Waals surface area contributed by atoms with Crippen LogP contribution in [0.5, 0.6) is 0 Å². The van der Waals surface area contributed by atoms with Crippen LogP contribution in [0.2, 0.25) is 0 Å². The number of rotatable bonds is 0. The van der Waals surface area contributed by atoms with Crippen LogP contribution >= 0.6 is 0 Å². The van der Waals surface area contributed by atoms with Crippen molar-refractivity contribution in [1.82, 2.24) is 9.97 Å². The molecule has 2 atom stereocenters. The van der Waals surface area contributed by atoms with Gasteiger partial charge in [0, 0.05) is 6.20 Å². The highest BCUT2D eigenvalue weighted by molar-refractivity contribution is 5.22. The lowest BCUT2D eigenvalue weighted by Gasteiger charge is -2.24. The van der Waals surface area contributed by atoms with Gasteiger partial charge in [-0.15, -0.1) is 0 Å². The molecule has 0 saturated carbocycles. The Labute approximate surface area is 69.9 Å². The maximum atomic E-state index is 9.49. The molecule has 2 N–H and O–H groups in total. The maximum Gasteiger partial charge on any atom is 0.122 e. The average Bonchev–Trinajstić information content (AvgIpc) is 2.12. The summed E-state index contributed by atoms with van der Waals surface area (Å²) in [6.07, 6.45) is 2.90. The van der Waals surface area contributed by atoms with E-state index in [1.54, 1.807) is 6.20 Å². The number of aliphatic hydroxyl groups excluding tert-OH is 2. The topological polar surface area (TPSA) is 66.2 Å². The van der Waals surface area contributed by atoms with Gasteiger partial charge in [0.2, 0.25) is 0 Å². The summed E-state index contributed by atoms with van der Waals surface area (Å²) in [6.45, 7) is 0. The number of hydrogen-bond donors (Lipinski definition) is 2. The molecule has 0 radical (unpaired) electrons. The predicted molar refractivity (Wildman–Crippen MR) is 41.3 cm³/mol. The van der Waals surface area contributed by atoms with Crippen LogP contribution in [0.15, 0.2) is 12.5 Å². The third kappa shape index (κ3) is 1.09. The highest BCUT2D eigenvalue weighted by Crippen LogP contribution is 2.26. The number of aliphatic hydroxyl groups is 2. The lowest BCUT2D eigenvalue weighted by molar-refractivity contribution is 0.00351. The monoisotopic (exact) mass is 166 g/mol. The molecule has 64 valence electrons. The number of aromatic nitrogens is 2. The Bertz CT molecular complexity index is 290. The van der Waals surface area contributed by atoms with Crippen LogP contribution in [0.1, 0.15) is 23.8 Å². The Kier molecular flexibility index (Phi) is 1.78. The summed E-state index contributed by atoms with van der Waals surface area (Å²) in [7, 11) is 0. The Morgan fingerprint density at radius 2 is 2.25 bits per heavy atom. The molecule has 1 heterocycles. The highest BCUT2D eigenvalue weighted by Gasteiger charge is 2.27. The summed E-state index contributed by atoms with van der Waals surface area (Å²) >= 11 is 0. The fourth-order valence-corrected chi connectivity index (χ4v) is 1.47. The molecule has 0 aliphatic heterocycles. The van der Waals surface area contributed by atoms with E-state index < -0.39 is 12.2 Å². The largest absolute Gasteiger partial charge is 0.390 e.